The first-order valence-corrected chi connectivity index (χ1v) is 8.56. The molecule has 3 rings (SSSR count). The summed E-state index contributed by atoms with van der Waals surface area (Å²) in [7, 11) is 0. The van der Waals surface area contributed by atoms with E-state index >= 15 is 0 Å². The molecule has 2 atom stereocenters. The van der Waals surface area contributed by atoms with Gasteiger partial charge in [0.2, 0.25) is 0 Å². The van der Waals surface area contributed by atoms with Crippen LogP contribution in [-0.2, 0) is 4.79 Å². The van der Waals surface area contributed by atoms with Crippen LogP contribution in [0.2, 0.25) is 0 Å². The van der Waals surface area contributed by atoms with Crippen molar-refractivity contribution in [2.24, 2.45) is 5.92 Å². The quantitative estimate of drug-likeness (QED) is 0.885. The van der Waals surface area contributed by atoms with Crippen molar-refractivity contribution in [2.75, 3.05) is 13.1 Å². The molecule has 1 aliphatic heterocycles. The molecule has 2 heterocycles. The maximum atomic E-state index is 11.4. The molecule has 2 aromatic rings. The van der Waals surface area contributed by atoms with E-state index in [0.29, 0.717) is 6.54 Å². The van der Waals surface area contributed by atoms with Crippen LogP contribution in [0.4, 0.5) is 0 Å². The Kier molecular flexibility index (Phi) is 5.08. The van der Waals surface area contributed by atoms with Gasteiger partial charge < -0.3 is 5.11 Å². The molecule has 0 aliphatic carbocycles. The van der Waals surface area contributed by atoms with Crippen molar-refractivity contribution in [1.82, 2.24) is 9.88 Å². The normalized spacial score (nSPS) is 20.1. The van der Waals surface area contributed by atoms with E-state index < -0.39 is 5.97 Å². The third-order valence-electron chi connectivity index (χ3n) is 4.33. The fourth-order valence-electron chi connectivity index (χ4n) is 3.27. The van der Waals surface area contributed by atoms with Crippen molar-refractivity contribution in [3.8, 4) is 0 Å². The summed E-state index contributed by atoms with van der Waals surface area (Å²) >= 11 is 3.53. The zero-order valence-corrected chi connectivity index (χ0v) is 14.3. The van der Waals surface area contributed by atoms with Gasteiger partial charge in [-0.05, 0) is 48.7 Å². The van der Waals surface area contributed by atoms with Gasteiger partial charge in [-0.25, -0.2) is 0 Å². The third-order valence-corrected chi connectivity index (χ3v) is 4.83. The molecule has 23 heavy (non-hydrogen) atoms. The van der Waals surface area contributed by atoms with Gasteiger partial charge in [-0.2, -0.15) is 0 Å². The second-order valence-corrected chi connectivity index (χ2v) is 6.83. The van der Waals surface area contributed by atoms with Crippen LogP contribution < -0.4 is 0 Å². The summed E-state index contributed by atoms with van der Waals surface area (Å²) in [6.07, 6.45) is 5.29. The monoisotopic (exact) mass is 374 g/mol. The van der Waals surface area contributed by atoms with Crippen LogP contribution in [0.3, 0.4) is 0 Å². The number of piperidine rings is 1. The Bertz CT molecular complexity index is 678. The first kappa shape index (κ1) is 16.1. The molecule has 1 saturated heterocycles. The van der Waals surface area contributed by atoms with Gasteiger partial charge in [0.1, 0.15) is 0 Å². The van der Waals surface area contributed by atoms with Crippen LogP contribution >= 0.6 is 15.9 Å². The smallest absolute Gasteiger partial charge is 0.307 e. The Morgan fingerprint density at radius 1 is 1.30 bits per heavy atom. The fraction of sp³-hybridized carbons (Fsp3) is 0.333. The number of halogens is 1. The average Bonchev–Trinajstić information content (AvgIpc) is 2.56. The highest BCUT2D eigenvalue weighted by atomic mass is 79.9. The van der Waals surface area contributed by atoms with E-state index in [0.717, 1.165) is 35.0 Å². The zero-order chi connectivity index (χ0) is 16.2. The van der Waals surface area contributed by atoms with Gasteiger partial charge in [0.15, 0.2) is 0 Å². The minimum atomic E-state index is -0.700. The number of carbonyl (C=O) groups is 1. The lowest BCUT2D eigenvalue weighted by molar-refractivity contribution is -0.143. The van der Waals surface area contributed by atoms with Crippen molar-refractivity contribution in [2.45, 2.75) is 18.9 Å². The van der Waals surface area contributed by atoms with Gasteiger partial charge >= 0.3 is 5.97 Å². The van der Waals surface area contributed by atoms with Crippen molar-refractivity contribution in [3.05, 3.63) is 64.4 Å². The minimum absolute atomic E-state index is 0.0309. The Balaban J connectivity index is 1.97. The number of carboxylic acids is 1. The fourth-order valence-corrected chi connectivity index (χ4v) is 3.69. The summed E-state index contributed by atoms with van der Waals surface area (Å²) in [5.74, 6) is -0.996. The maximum absolute atomic E-state index is 11.4. The molecule has 120 valence electrons. The number of aliphatic carboxylic acids is 1. The highest BCUT2D eigenvalue weighted by Crippen LogP contribution is 2.33. The summed E-state index contributed by atoms with van der Waals surface area (Å²) in [6.45, 7) is 1.47. The van der Waals surface area contributed by atoms with Crippen LogP contribution in [0.15, 0.2) is 53.3 Å². The van der Waals surface area contributed by atoms with E-state index in [9.17, 15) is 9.90 Å². The molecule has 1 N–H and O–H groups in total. The maximum Gasteiger partial charge on any atom is 0.307 e. The number of benzene rings is 1. The number of rotatable bonds is 4. The van der Waals surface area contributed by atoms with Crippen molar-refractivity contribution < 1.29 is 9.90 Å². The van der Waals surface area contributed by atoms with Crippen LogP contribution in [0, 0.1) is 5.92 Å². The van der Waals surface area contributed by atoms with Gasteiger partial charge in [0.05, 0.1) is 12.0 Å². The molecular weight excluding hydrogens is 356 g/mol. The molecule has 0 amide bonds. The molecule has 1 aliphatic rings. The van der Waals surface area contributed by atoms with E-state index in [1.165, 1.54) is 0 Å². The largest absolute Gasteiger partial charge is 0.481 e. The summed E-state index contributed by atoms with van der Waals surface area (Å²) in [6, 6.07) is 12.2. The van der Waals surface area contributed by atoms with E-state index in [4.69, 9.17) is 0 Å². The van der Waals surface area contributed by atoms with Gasteiger partial charge in [0, 0.05) is 23.4 Å². The predicted molar refractivity (Wildman–Crippen MR) is 92.2 cm³/mol. The molecular formula is C18H19BrN2O2. The molecule has 1 aromatic carbocycles. The molecule has 0 saturated carbocycles. The number of nitrogens with zero attached hydrogens (tertiary/aromatic N) is 2. The van der Waals surface area contributed by atoms with E-state index in [1.807, 2.05) is 24.4 Å². The lowest BCUT2D eigenvalue weighted by Gasteiger charge is -2.37. The molecule has 0 radical (unpaired) electrons. The van der Waals surface area contributed by atoms with Gasteiger partial charge in [0.25, 0.3) is 0 Å². The third kappa shape index (κ3) is 3.79. The van der Waals surface area contributed by atoms with Crippen LogP contribution in [0.5, 0.6) is 0 Å². The Morgan fingerprint density at radius 3 is 2.83 bits per heavy atom. The lowest BCUT2D eigenvalue weighted by atomic mass is 9.92. The van der Waals surface area contributed by atoms with E-state index in [-0.39, 0.29) is 12.0 Å². The Labute approximate surface area is 144 Å². The second kappa shape index (κ2) is 7.23. The molecule has 4 nitrogen and oxygen atoms in total. The van der Waals surface area contributed by atoms with Crippen molar-refractivity contribution in [3.63, 3.8) is 0 Å². The zero-order valence-electron chi connectivity index (χ0n) is 12.7. The van der Waals surface area contributed by atoms with Gasteiger partial charge in [-0.1, -0.05) is 34.1 Å². The lowest BCUT2D eigenvalue weighted by Crippen LogP contribution is -2.41. The first-order chi connectivity index (χ1) is 11.1. The standard InChI is InChI=1S/C18H19BrN2O2/c19-16-7-1-4-13(10-16)17(14-5-2-8-20-11-14)21-9-3-6-15(12-21)18(22)23/h1-2,4-5,7-8,10-11,15,17H,3,6,9,12H2,(H,22,23). The summed E-state index contributed by atoms with van der Waals surface area (Å²) in [5.41, 5.74) is 2.25. The second-order valence-electron chi connectivity index (χ2n) is 5.92. The topological polar surface area (TPSA) is 53.4 Å². The molecule has 0 spiro atoms. The van der Waals surface area contributed by atoms with E-state index in [1.54, 1.807) is 6.20 Å². The molecule has 2 unspecified atom stereocenters. The van der Waals surface area contributed by atoms with Gasteiger partial charge in [-0.3, -0.25) is 14.7 Å². The van der Waals surface area contributed by atoms with Crippen molar-refractivity contribution >= 4 is 21.9 Å². The van der Waals surface area contributed by atoms with Crippen LogP contribution in [0.25, 0.3) is 0 Å². The van der Waals surface area contributed by atoms with Crippen LogP contribution in [-0.4, -0.2) is 34.0 Å². The summed E-state index contributed by atoms with van der Waals surface area (Å²) in [4.78, 5) is 17.9. The average molecular weight is 375 g/mol. The molecule has 1 fully saturated rings. The Morgan fingerprint density at radius 2 is 2.13 bits per heavy atom. The summed E-state index contributed by atoms with van der Waals surface area (Å²) in [5, 5.41) is 9.38. The van der Waals surface area contributed by atoms with E-state index in [2.05, 4.69) is 44.0 Å². The number of aromatic nitrogens is 1. The SMILES string of the molecule is O=C(O)C1CCCN(C(c2cccnc2)c2cccc(Br)c2)C1. The predicted octanol–water partition coefficient (Wildman–Crippen LogP) is 3.73. The van der Waals surface area contributed by atoms with Crippen molar-refractivity contribution in [1.29, 1.82) is 0 Å². The number of likely N-dealkylation sites (tertiary alicyclic amines) is 1. The van der Waals surface area contributed by atoms with Crippen LogP contribution in [0.1, 0.15) is 30.0 Å². The highest BCUT2D eigenvalue weighted by molar-refractivity contribution is 9.10. The molecule has 5 heteroatoms. The number of carboxylic acid groups (broad SMARTS) is 1. The Hall–Kier alpha value is -1.72. The highest BCUT2D eigenvalue weighted by Gasteiger charge is 2.31. The number of hydrogen-bond donors (Lipinski definition) is 1. The van der Waals surface area contributed by atoms with Gasteiger partial charge in [-0.15, -0.1) is 0 Å². The minimum Gasteiger partial charge on any atom is -0.481 e. The summed E-state index contributed by atoms with van der Waals surface area (Å²) < 4.78 is 1.02. The number of pyridine rings is 1. The molecule has 1 aromatic heterocycles. The molecule has 0 bridgehead atoms. The first-order valence-electron chi connectivity index (χ1n) is 7.77. The number of hydrogen-bond acceptors (Lipinski definition) is 3.